The molecule has 3 fully saturated rings. The number of carbonyl (C=O) groups is 1. The summed E-state index contributed by atoms with van der Waals surface area (Å²) >= 11 is 0. The van der Waals surface area contributed by atoms with Gasteiger partial charge in [-0.05, 0) is 119 Å². The van der Waals surface area contributed by atoms with Gasteiger partial charge in [-0.25, -0.2) is 14.7 Å². The van der Waals surface area contributed by atoms with E-state index in [1.54, 1.807) is 11.0 Å². The van der Waals surface area contributed by atoms with E-state index in [-0.39, 0.29) is 11.8 Å². The molecule has 3 aromatic carbocycles. The summed E-state index contributed by atoms with van der Waals surface area (Å²) in [6, 6.07) is 20.0. The van der Waals surface area contributed by atoms with Crippen molar-refractivity contribution in [2.24, 2.45) is 16.8 Å². The molecule has 4 aliphatic carbocycles. The Morgan fingerprint density at radius 2 is 1.89 bits per heavy atom. The number of hydrogen-bond donors (Lipinski definition) is 4. The molecular weight excluding hydrogens is 667 g/mol. The molecule has 10 rings (SSSR count). The van der Waals surface area contributed by atoms with Gasteiger partial charge in [0.1, 0.15) is 5.60 Å². The number of aromatic hydroxyl groups is 1. The van der Waals surface area contributed by atoms with Crippen molar-refractivity contribution in [1.29, 1.82) is 0 Å². The maximum Gasteiger partial charge on any atom is 0.417 e. The van der Waals surface area contributed by atoms with E-state index in [4.69, 9.17) is 14.5 Å². The Morgan fingerprint density at radius 3 is 2.64 bits per heavy atom. The number of nitrogens with one attached hydrogen (secondary N) is 2. The maximum atomic E-state index is 13.8. The number of anilines is 1. The van der Waals surface area contributed by atoms with Crippen LogP contribution in [0.3, 0.4) is 0 Å². The lowest BCUT2D eigenvalue weighted by atomic mass is 9.49. The number of hydrogen-bond acceptors (Lipinski definition) is 7. The van der Waals surface area contributed by atoms with Gasteiger partial charge in [-0.15, -0.1) is 0 Å². The number of phenolic OH excluding ortho intramolecular Hbond substituents is 1. The average Bonchev–Trinajstić information content (AvgIpc) is 4.05. The minimum absolute atomic E-state index is 0.0492. The quantitative estimate of drug-likeness (QED) is 0.118. The van der Waals surface area contributed by atoms with Crippen molar-refractivity contribution in [3.63, 3.8) is 0 Å². The van der Waals surface area contributed by atoms with Gasteiger partial charge in [0.2, 0.25) is 5.96 Å². The third kappa shape index (κ3) is 5.35. The molecule has 2 bridgehead atoms. The summed E-state index contributed by atoms with van der Waals surface area (Å²) in [4.78, 5) is 26.7. The molecule has 1 aromatic heterocycles. The number of carbonyl (C=O) groups excluding carboxylic acids is 1. The fourth-order valence-electron chi connectivity index (χ4n) is 9.89. The first-order chi connectivity index (χ1) is 25.5. The Labute approximate surface area is 310 Å². The summed E-state index contributed by atoms with van der Waals surface area (Å²) in [5.41, 5.74) is 4.61. The molecule has 53 heavy (non-hydrogen) atoms. The van der Waals surface area contributed by atoms with Crippen molar-refractivity contribution < 1.29 is 24.5 Å². The number of likely N-dealkylation sites (tertiary alicyclic amines) is 1. The molecule has 0 unspecified atom stereocenters. The number of amides is 1. The second-order valence-corrected chi connectivity index (χ2v) is 17.5. The lowest BCUT2D eigenvalue weighted by molar-refractivity contribution is -0.173. The lowest BCUT2D eigenvalue weighted by Crippen LogP contribution is -2.74. The van der Waals surface area contributed by atoms with E-state index in [1.807, 2.05) is 63.2 Å². The van der Waals surface area contributed by atoms with Gasteiger partial charge in [-0.2, -0.15) is 0 Å². The minimum Gasteiger partial charge on any atom is -0.504 e. The predicted octanol–water partition coefficient (Wildman–Crippen LogP) is 7.19. The highest BCUT2D eigenvalue weighted by atomic mass is 16.6. The molecule has 4 aromatic rings. The Balaban J connectivity index is 1.05. The van der Waals surface area contributed by atoms with Crippen LogP contribution in [0.1, 0.15) is 86.9 Å². The van der Waals surface area contributed by atoms with Crippen molar-refractivity contribution in [3.8, 4) is 11.5 Å². The van der Waals surface area contributed by atoms with Gasteiger partial charge in [0.05, 0.1) is 23.3 Å². The van der Waals surface area contributed by atoms with Crippen LogP contribution >= 0.6 is 0 Å². The van der Waals surface area contributed by atoms with E-state index in [0.717, 1.165) is 77.7 Å². The predicted molar refractivity (Wildman–Crippen MR) is 203 cm³/mol. The van der Waals surface area contributed by atoms with Crippen LogP contribution in [0.2, 0.25) is 0 Å². The van der Waals surface area contributed by atoms with Gasteiger partial charge in [-0.3, -0.25) is 4.90 Å². The molecule has 276 valence electrons. The molecule has 4 N–H and O–H groups in total. The van der Waals surface area contributed by atoms with Crippen LogP contribution < -0.4 is 10.1 Å². The van der Waals surface area contributed by atoms with Gasteiger partial charge in [-0.1, -0.05) is 36.4 Å². The number of phenols is 1. The monoisotopic (exact) mass is 715 g/mol. The first kappa shape index (κ1) is 33.1. The Kier molecular flexibility index (Phi) is 7.32. The van der Waals surface area contributed by atoms with E-state index < -0.39 is 28.8 Å². The van der Waals surface area contributed by atoms with Crippen molar-refractivity contribution in [1.82, 2.24) is 14.8 Å². The SMILES string of the molecule is CC(C)(C)OC(=O)N(CC1CC1)C(=NCc1ccccc1)Nc1ccc2[nH]c3c(c2c1)C[C@@]1(O)[C@@H]2Cc4ccc(O)c5c4[C@@]1(CCN2CC1CC1)[C@H]3O5. The summed E-state index contributed by atoms with van der Waals surface area (Å²) in [6.45, 7) is 8.50. The molecule has 2 saturated carbocycles. The molecule has 10 nitrogen and oxygen atoms in total. The molecule has 1 spiro atoms. The third-order valence-electron chi connectivity index (χ3n) is 12.7. The zero-order chi connectivity index (χ0) is 36.3. The number of H-pyrrole nitrogens is 1. The molecule has 6 aliphatic rings. The Morgan fingerprint density at radius 1 is 1.09 bits per heavy atom. The van der Waals surface area contributed by atoms with Crippen LogP contribution in [-0.2, 0) is 29.5 Å². The fraction of sp³-hybridized carbons (Fsp3) is 0.488. The van der Waals surface area contributed by atoms with Crippen LogP contribution in [0.25, 0.3) is 10.9 Å². The second kappa shape index (κ2) is 11.7. The number of aromatic amines is 1. The number of nitrogens with zero attached hydrogens (tertiary/aromatic N) is 3. The van der Waals surface area contributed by atoms with E-state index in [2.05, 4.69) is 27.3 Å². The number of aliphatic imine (C=N–C) groups is 1. The average molecular weight is 716 g/mol. The first-order valence-electron chi connectivity index (χ1n) is 19.5. The van der Waals surface area contributed by atoms with Crippen molar-refractivity contribution in [3.05, 3.63) is 88.6 Å². The summed E-state index contributed by atoms with van der Waals surface area (Å²) in [5.74, 6) is 2.24. The highest BCUT2D eigenvalue weighted by Gasteiger charge is 2.73. The number of benzene rings is 3. The summed E-state index contributed by atoms with van der Waals surface area (Å²) in [7, 11) is 0. The highest BCUT2D eigenvalue weighted by Crippen LogP contribution is 2.69. The second-order valence-electron chi connectivity index (χ2n) is 17.5. The highest BCUT2D eigenvalue weighted by molar-refractivity contribution is 6.03. The molecule has 2 aliphatic heterocycles. The lowest BCUT2D eigenvalue weighted by Gasteiger charge is -2.62. The third-order valence-corrected chi connectivity index (χ3v) is 12.7. The van der Waals surface area contributed by atoms with E-state index in [1.165, 1.54) is 18.4 Å². The summed E-state index contributed by atoms with van der Waals surface area (Å²) < 4.78 is 12.7. The topological polar surface area (TPSA) is 123 Å². The molecular formula is C43H49N5O5. The number of aromatic nitrogens is 1. The molecule has 0 radical (unpaired) electrons. The molecule has 10 heteroatoms. The number of guanidine groups is 1. The number of fused-ring (bicyclic) bond motifs is 4. The normalized spacial score (nSPS) is 27.2. The van der Waals surface area contributed by atoms with Crippen LogP contribution in [0, 0.1) is 11.8 Å². The zero-order valence-corrected chi connectivity index (χ0v) is 30.8. The number of rotatable bonds is 7. The summed E-state index contributed by atoms with van der Waals surface area (Å²) in [6.07, 6.45) is 5.78. The zero-order valence-electron chi connectivity index (χ0n) is 30.8. The van der Waals surface area contributed by atoms with Crippen molar-refractivity contribution in [2.75, 3.05) is 25.0 Å². The van der Waals surface area contributed by atoms with Gasteiger partial charge in [0.15, 0.2) is 17.6 Å². The van der Waals surface area contributed by atoms with Gasteiger partial charge in [0, 0.05) is 47.7 Å². The molecule has 1 amide bonds. The Hall–Kier alpha value is -4.54. The van der Waals surface area contributed by atoms with Crippen LogP contribution in [0.15, 0.2) is 65.7 Å². The van der Waals surface area contributed by atoms with Gasteiger partial charge in [0.25, 0.3) is 0 Å². The van der Waals surface area contributed by atoms with Crippen molar-refractivity contribution in [2.45, 2.75) is 101 Å². The standard InChI is InChI=1S/C43H49N5O5/c1-41(2,3)53-40(50)48(24-27-11-12-27)39(44-22-25-7-5-4-6-8-25)45-29-14-15-32-30(20-29)31-21-43(51)34-19-28-13-16-33(49)37-35(28)42(43,38(52-37)36(31)46-32)17-18-47(34)23-26-9-10-26/h4-8,13-16,20,26-27,34,38,46,49,51H,9-12,17-19,21-24H2,1-3H3,(H,44,45)/t34-,38-,42-,43+/m0/s1. The number of aliphatic hydroxyl groups is 1. The molecule has 4 atom stereocenters. The Bertz CT molecular complexity index is 2150. The van der Waals surface area contributed by atoms with Crippen molar-refractivity contribution >= 4 is 28.6 Å². The van der Waals surface area contributed by atoms with Crippen LogP contribution in [0.4, 0.5) is 10.5 Å². The maximum absolute atomic E-state index is 13.8. The largest absolute Gasteiger partial charge is 0.504 e. The van der Waals surface area contributed by atoms with Crippen LogP contribution in [-0.4, -0.2) is 73.9 Å². The van der Waals surface area contributed by atoms with E-state index in [9.17, 15) is 15.0 Å². The smallest absolute Gasteiger partial charge is 0.417 e. The minimum atomic E-state index is -1.08. The molecule has 3 heterocycles. The van der Waals surface area contributed by atoms with Gasteiger partial charge >= 0.3 is 6.09 Å². The first-order valence-corrected chi connectivity index (χ1v) is 19.5. The van der Waals surface area contributed by atoms with E-state index >= 15 is 0 Å². The molecule has 1 saturated heterocycles. The fourth-order valence-corrected chi connectivity index (χ4v) is 9.89. The van der Waals surface area contributed by atoms with E-state index in [0.29, 0.717) is 43.1 Å². The summed E-state index contributed by atoms with van der Waals surface area (Å²) in [5, 5.41) is 29.0. The van der Waals surface area contributed by atoms with Crippen LogP contribution in [0.5, 0.6) is 11.5 Å². The number of piperidine rings is 1. The van der Waals surface area contributed by atoms with Gasteiger partial charge < -0.3 is 30.0 Å². The number of ether oxygens (including phenoxy) is 2.